The number of hydrogen-bond acceptors (Lipinski definition) is 9. The van der Waals surface area contributed by atoms with Crippen LogP contribution in [0.25, 0.3) is 0 Å². The fourth-order valence-electron chi connectivity index (χ4n) is 5.15. The number of thiazole rings is 1. The van der Waals surface area contributed by atoms with Gasteiger partial charge in [0, 0.05) is 33.6 Å². The summed E-state index contributed by atoms with van der Waals surface area (Å²) in [5, 5.41) is 23.3. The summed E-state index contributed by atoms with van der Waals surface area (Å²) >= 11 is 8.09. The van der Waals surface area contributed by atoms with Gasteiger partial charge in [-0.15, -0.1) is 0 Å². The lowest BCUT2D eigenvalue weighted by atomic mass is 9.83. The zero-order chi connectivity index (χ0) is 29.7. The molecule has 0 saturated carbocycles. The molecule has 2 aliphatic heterocycles. The molecule has 212 valence electrons. The van der Waals surface area contributed by atoms with Crippen molar-refractivity contribution in [2.75, 3.05) is 10.2 Å². The number of thioether (sulfide) groups is 1. The standard InChI is InChI=1S/C28H19ClN4O7S2/c29-15-3-1-14(2-4-15)21-22-23(26(37)32(25(22)36)17-7-9-18(10-8-17)33(39)40)41-27-24(21)42-28(38)31(27)13-20(35)30-16-5-11-19(34)12-6-16/h1-12,21-23,34H,13H2,(H,30,35). The topological polar surface area (TPSA) is 152 Å². The van der Waals surface area contributed by atoms with Crippen LogP contribution in [0.2, 0.25) is 5.02 Å². The van der Waals surface area contributed by atoms with Crippen molar-refractivity contribution in [2.45, 2.75) is 22.7 Å². The van der Waals surface area contributed by atoms with Crippen molar-refractivity contribution in [3.8, 4) is 5.75 Å². The van der Waals surface area contributed by atoms with Gasteiger partial charge in [-0.05, 0) is 54.1 Å². The normalized spacial score (nSPS) is 19.4. The fraction of sp³-hybridized carbons (Fsp3) is 0.143. The maximum atomic E-state index is 13.9. The van der Waals surface area contributed by atoms with E-state index in [9.17, 15) is 34.4 Å². The largest absolute Gasteiger partial charge is 0.508 e. The zero-order valence-electron chi connectivity index (χ0n) is 21.3. The minimum absolute atomic E-state index is 0.0360. The Labute approximate surface area is 250 Å². The van der Waals surface area contributed by atoms with Crippen LogP contribution in [0.5, 0.6) is 5.75 Å². The minimum Gasteiger partial charge on any atom is -0.508 e. The first-order valence-corrected chi connectivity index (χ1v) is 14.6. The lowest BCUT2D eigenvalue weighted by molar-refractivity contribution is -0.384. The van der Waals surface area contributed by atoms with Crippen LogP contribution in [0, 0.1) is 16.0 Å². The van der Waals surface area contributed by atoms with Crippen LogP contribution in [-0.4, -0.2) is 37.6 Å². The maximum Gasteiger partial charge on any atom is 0.308 e. The summed E-state index contributed by atoms with van der Waals surface area (Å²) in [6.45, 7) is -0.336. The predicted octanol–water partition coefficient (Wildman–Crippen LogP) is 4.61. The lowest BCUT2D eigenvalue weighted by Gasteiger charge is -2.30. The molecule has 1 saturated heterocycles. The Morgan fingerprint density at radius 2 is 1.64 bits per heavy atom. The molecule has 0 radical (unpaired) electrons. The molecule has 0 bridgehead atoms. The van der Waals surface area contributed by atoms with Crippen LogP contribution in [0.1, 0.15) is 16.4 Å². The SMILES string of the molecule is O=C(Cn1c2c(sc1=O)C(c1ccc(Cl)cc1)C1C(=O)N(c3ccc([N+](=O)[O-])cc3)C(=O)C1S2)Nc1ccc(O)cc1. The van der Waals surface area contributed by atoms with Crippen LogP contribution >= 0.6 is 34.7 Å². The van der Waals surface area contributed by atoms with E-state index in [1.807, 2.05) is 0 Å². The third-order valence-electron chi connectivity index (χ3n) is 7.05. The quantitative estimate of drug-likeness (QED) is 0.137. The number of aromatic hydroxyl groups is 1. The molecule has 1 fully saturated rings. The van der Waals surface area contributed by atoms with Crippen molar-refractivity contribution < 1.29 is 24.4 Å². The molecule has 0 aliphatic carbocycles. The van der Waals surface area contributed by atoms with Crippen LogP contribution < -0.4 is 15.1 Å². The third-order valence-corrected chi connectivity index (χ3v) is 9.91. The van der Waals surface area contributed by atoms with E-state index in [0.29, 0.717) is 26.2 Å². The number of hydrogen-bond donors (Lipinski definition) is 2. The van der Waals surface area contributed by atoms with Gasteiger partial charge >= 0.3 is 4.87 Å². The van der Waals surface area contributed by atoms with Gasteiger partial charge in [-0.25, -0.2) is 4.90 Å². The van der Waals surface area contributed by atoms with E-state index in [4.69, 9.17) is 11.6 Å². The van der Waals surface area contributed by atoms with Crippen LogP contribution in [-0.2, 0) is 20.9 Å². The van der Waals surface area contributed by atoms with Gasteiger partial charge in [0.25, 0.3) is 5.69 Å². The molecule has 3 amide bonds. The summed E-state index contributed by atoms with van der Waals surface area (Å²) in [5.41, 5.74) is 1.12. The number of non-ortho nitro benzene ring substituents is 1. The number of nitrogens with zero attached hydrogens (tertiary/aromatic N) is 3. The zero-order valence-corrected chi connectivity index (χ0v) is 23.7. The number of imide groups is 1. The molecule has 3 atom stereocenters. The Kier molecular flexibility index (Phi) is 7.09. The van der Waals surface area contributed by atoms with Gasteiger partial charge in [0.1, 0.15) is 17.5 Å². The number of benzene rings is 3. The molecule has 0 spiro atoms. The number of anilines is 2. The van der Waals surface area contributed by atoms with Gasteiger partial charge < -0.3 is 10.4 Å². The average Bonchev–Trinajstić information content (AvgIpc) is 3.41. The van der Waals surface area contributed by atoms with Gasteiger partial charge in [-0.1, -0.05) is 46.8 Å². The maximum absolute atomic E-state index is 13.9. The van der Waals surface area contributed by atoms with Crippen LogP contribution in [0.15, 0.2) is 82.6 Å². The molecule has 2 aliphatic rings. The number of carbonyl (C=O) groups excluding carboxylic acids is 3. The van der Waals surface area contributed by atoms with E-state index >= 15 is 0 Å². The van der Waals surface area contributed by atoms with Gasteiger partial charge in [-0.2, -0.15) is 0 Å². The fourth-order valence-corrected chi connectivity index (χ4v) is 8.05. The lowest BCUT2D eigenvalue weighted by Crippen LogP contribution is -2.33. The number of phenols is 1. The molecule has 42 heavy (non-hydrogen) atoms. The third kappa shape index (κ3) is 4.85. The van der Waals surface area contributed by atoms with Crippen LogP contribution in [0.4, 0.5) is 17.1 Å². The summed E-state index contributed by atoms with van der Waals surface area (Å²) in [6, 6.07) is 17.8. The summed E-state index contributed by atoms with van der Waals surface area (Å²) in [4.78, 5) is 65.5. The Morgan fingerprint density at radius 1 is 0.976 bits per heavy atom. The van der Waals surface area contributed by atoms with E-state index < -0.39 is 44.6 Å². The molecule has 3 unspecified atom stereocenters. The monoisotopic (exact) mass is 622 g/mol. The number of aromatic nitrogens is 1. The number of halogens is 1. The Morgan fingerprint density at radius 3 is 2.29 bits per heavy atom. The number of rotatable bonds is 6. The highest BCUT2D eigenvalue weighted by molar-refractivity contribution is 8.00. The van der Waals surface area contributed by atoms with Gasteiger partial charge in [0.15, 0.2) is 0 Å². The van der Waals surface area contributed by atoms with Crippen molar-refractivity contribution in [1.29, 1.82) is 0 Å². The predicted molar refractivity (Wildman–Crippen MR) is 157 cm³/mol. The number of carbonyl (C=O) groups is 3. The smallest absolute Gasteiger partial charge is 0.308 e. The van der Waals surface area contributed by atoms with Crippen molar-refractivity contribution in [2.24, 2.45) is 5.92 Å². The van der Waals surface area contributed by atoms with E-state index in [1.165, 1.54) is 53.1 Å². The number of fused-ring (bicyclic) bond motifs is 2. The first-order valence-electron chi connectivity index (χ1n) is 12.5. The molecule has 1 aromatic heterocycles. The average molecular weight is 623 g/mol. The van der Waals surface area contributed by atoms with Gasteiger partial charge in [0.2, 0.25) is 17.7 Å². The summed E-state index contributed by atoms with van der Waals surface area (Å²) in [7, 11) is 0. The van der Waals surface area contributed by atoms with E-state index in [2.05, 4.69) is 5.32 Å². The number of nitrogens with one attached hydrogen (secondary N) is 1. The van der Waals surface area contributed by atoms with Crippen LogP contribution in [0.3, 0.4) is 0 Å². The second-order valence-corrected chi connectivity index (χ2v) is 12.2. The number of nitro groups is 1. The number of nitro benzene ring substituents is 1. The summed E-state index contributed by atoms with van der Waals surface area (Å²) < 4.78 is 1.30. The Balaban J connectivity index is 1.39. The summed E-state index contributed by atoms with van der Waals surface area (Å²) in [5.74, 6) is -3.02. The van der Waals surface area contributed by atoms with E-state index in [0.717, 1.165) is 28.0 Å². The molecule has 3 heterocycles. The molecular formula is C28H19ClN4O7S2. The molecule has 6 rings (SSSR count). The Hall–Kier alpha value is -4.46. The highest BCUT2D eigenvalue weighted by Crippen LogP contribution is 2.54. The van der Waals surface area contributed by atoms with Crippen molar-refractivity contribution >= 4 is 69.5 Å². The Bertz CT molecular complexity index is 1800. The molecule has 14 heteroatoms. The van der Waals surface area contributed by atoms with Crippen molar-refractivity contribution in [1.82, 2.24) is 4.57 Å². The molecular weight excluding hydrogens is 604 g/mol. The second-order valence-electron chi connectivity index (χ2n) is 9.60. The van der Waals surface area contributed by atoms with Gasteiger partial charge in [-0.3, -0.25) is 33.9 Å². The second kappa shape index (κ2) is 10.7. The van der Waals surface area contributed by atoms with Crippen molar-refractivity contribution in [3.63, 3.8) is 0 Å². The molecule has 4 aromatic rings. The minimum atomic E-state index is -0.915. The first kappa shape index (κ1) is 27.7. The highest BCUT2D eigenvalue weighted by Gasteiger charge is 2.56. The van der Waals surface area contributed by atoms with Crippen molar-refractivity contribution in [3.05, 3.63) is 108 Å². The molecule has 3 aromatic carbocycles. The molecule has 2 N–H and O–H groups in total. The molecule has 11 nitrogen and oxygen atoms in total. The highest BCUT2D eigenvalue weighted by atomic mass is 35.5. The first-order chi connectivity index (χ1) is 20.1. The number of phenolic OH excluding ortho intramolecular Hbond substituents is 1. The summed E-state index contributed by atoms with van der Waals surface area (Å²) in [6.07, 6.45) is 0. The van der Waals surface area contributed by atoms with E-state index in [-0.39, 0.29) is 23.7 Å². The van der Waals surface area contributed by atoms with E-state index in [1.54, 1.807) is 24.3 Å². The van der Waals surface area contributed by atoms with Gasteiger partial charge in [0.05, 0.1) is 21.6 Å². The number of amides is 3.